The minimum Gasteiger partial charge on any atom is -0.313 e. The molecule has 1 unspecified atom stereocenters. The van der Waals surface area contributed by atoms with Gasteiger partial charge < -0.3 is 5.32 Å². The molecule has 2 N–H and O–H groups in total. The van der Waals surface area contributed by atoms with Crippen LogP contribution in [0.15, 0.2) is 29.2 Å². The van der Waals surface area contributed by atoms with E-state index in [4.69, 9.17) is 0 Å². The van der Waals surface area contributed by atoms with E-state index in [9.17, 15) is 12.6 Å². The third-order valence-corrected chi connectivity index (χ3v) is 6.71. The maximum Gasteiger partial charge on any atom is 0.240 e. The predicted octanol–water partition coefficient (Wildman–Crippen LogP) is 1.16. The zero-order valence-corrected chi connectivity index (χ0v) is 14.0. The smallest absolute Gasteiger partial charge is 0.240 e. The van der Waals surface area contributed by atoms with Gasteiger partial charge in [0.1, 0.15) is 0 Å². The van der Waals surface area contributed by atoms with Crippen molar-refractivity contribution in [3.8, 4) is 0 Å². The van der Waals surface area contributed by atoms with Crippen LogP contribution in [0.5, 0.6) is 0 Å². The number of sulfonamides is 1. The van der Waals surface area contributed by atoms with E-state index in [1.807, 2.05) is 20.0 Å². The summed E-state index contributed by atoms with van der Waals surface area (Å²) in [6.45, 7) is 1.98. The third kappa shape index (κ3) is 4.35. The van der Waals surface area contributed by atoms with Crippen molar-refractivity contribution in [1.82, 2.24) is 10.0 Å². The molecule has 118 valence electrons. The van der Waals surface area contributed by atoms with E-state index in [1.165, 1.54) is 0 Å². The Bertz CT molecular complexity index is 606. The van der Waals surface area contributed by atoms with Crippen LogP contribution >= 0.6 is 0 Å². The Balaban J connectivity index is 2.14. The highest BCUT2D eigenvalue weighted by atomic mass is 32.2. The summed E-state index contributed by atoms with van der Waals surface area (Å²) in [6, 6.07) is 6.95. The summed E-state index contributed by atoms with van der Waals surface area (Å²) >= 11 is 0. The first kappa shape index (κ1) is 16.6. The van der Waals surface area contributed by atoms with Gasteiger partial charge in [-0.05, 0) is 44.5 Å². The molecule has 1 atom stereocenters. The van der Waals surface area contributed by atoms with Crippen molar-refractivity contribution in [3.63, 3.8) is 0 Å². The van der Waals surface area contributed by atoms with Crippen molar-refractivity contribution in [2.45, 2.75) is 36.7 Å². The molecule has 1 aliphatic rings. The van der Waals surface area contributed by atoms with Crippen molar-refractivity contribution in [1.29, 1.82) is 0 Å². The van der Waals surface area contributed by atoms with Crippen LogP contribution in [-0.4, -0.2) is 37.2 Å². The lowest BCUT2D eigenvalue weighted by Crippen LogP contribution is -2.39. The number of hydrogen-bond acceptors (Lipinski definition) is 4. The van der Waals surface area contributed by atoms with Crippen LogP contribution < -0.4 is 10.0 Å². The molecule has 7 heteroatoms. The van der Waals surface area contributed by atoms with E-state index in [1.54, 1.807) is 18.2 Å². The zero-order chi connectivity index (χ0) is 15.5. The molecule has 2 rings (SSSR count). The van der Waals surface area contributed by atoms with Crippen molar-refractivity contribution < 1.29 is 12.6 Å². The summed E-state index contributed by atoms with van der Waals surface area (Å²) in [4.78, 5) is 0.286. The van der Waals surface area contributed by atoms with E-state index >= 15 is 0 Å². The van der Waals surface area contributed by atoms with Crippen LogP contribution in [0.25, 0.3) is 0 Å². The fourth-order valence-electron chi connectivity index (χ4n) is 2.32. The summed E-state index contributed by atoms with van der Waals surface area (Å²) in [6.07, 6.45) is 1.27. The predicted molar refractivity (Wildman–Crippen MR) is 85.1 cm³/mol. The molecule has 1 aromatic rings. The third-order valence-electron chi connectivity index (χ3n) is 3.81. The quantitative estimate of drug-likeness (QED) is 0.849. The van der Waals surface area contributed by atoms with Gasteiger partial charge in [0.15, 0.2) is 0 Å². The Morgan fingerprint density at radius 2 is 1.95 bits per heavy atom. The highest BCUT2D eigenvalue weighted by Crippen LogP contribution is 2.19. The fourth-order valence-corrected chi connectivity index (χ4v) is 4.98. The van der Waals surface area contributed by atoms with Crippen molar-refractivity contribution in [3.05, 3.63) is 29.8 Å². The fraction of sp³-hybridized carbons (Fsp3) is 0.571. The second-order valence-electron chi connectivity index (χ2n) is 5.33. The summed E-state index contributed by atoms with van der Waals surface area (Å²) in [7, 11) is -2.47. The van der Waals surface area contributed by atoms with Crippen LogP contribution in [0.1, 0.15) is 31.4 Å². The largest absolute Gasteiger partial charge is 0.313 e. The standard InChI is InChI=1S/C14H22N2O3S2/c1-11(15-2)12-4-3-5-14(10-12)21(18,19)16-13-6-8-20(17)9-7-13/h3-5,10-11,13,15-16H,6-9H2,1-2H3. The second-order valence-corrected chi connectivity index (χ2v) is 8.74. The maximum absolute atomic E-state index is 12.4. The minimum absolute atomic E-state index is 0.0947. The van der Waals surface area contributed by atoms with E-state index in [-0.39, 0.29) is 17.0 Å². The molecule has 5 nitrogen and oxygen atoms in total. The zero-order valence-electron chi connectivity index (χ0n) is 12.3. The Hall–Kier alpha value is -0.760. The van der Waals surface area contributed by atoms with Crippen molar-refractivity contribution in [2.75, 3.05) is 18.6 Å². The average molecular weight is 330 g/mol. The Morgan fingerprint density at radius 1 is 1.29 bits per heavy atom. The van der Waals surface area contributed by atoms with Crippen molar-refractivity contribution in [2.24, 2.45) is 0 Å². The lowest BCUT2D eigenvalue weighted by molar-refractivity contribution is 0.521. The monoisotopic (exact) mass is 330 g/mol. The molecular weight excluding hydrogens is 308 g/mol. The molecule has 0 aliphatic carbocycles. The molecular formula is C14H22N2O3S2. The molecule has 1 fully saturated rings. The van der Waals surface area contributed by atoms with Gasteiger partial charge in [-0.1, -0.05) is 12.1 Å². The van der Waals surface area contributed by atoms with Gasteiger partial charge in [0, 0.05) is 34.4 Å². The summed E-state index contributed by atoms with van der Waals surface area (Å²) in [5.41, 5.74) is 0.935. The normalized spacial score (nSPS) is 24.7. The van der Waals surface area contributed by atoms with Crippen LogP contribution in [0.3, 0.4) is 0 Å². The van der Waals surface area contributed by atoms with Gasteiger partial charge in [-0.25, -0.2) is 13.1 Å². The van der Waals surface area contributed by atoms with E-state index < -0.39 is 20.8 Å². The summed E-state index contributed by atoms with van der Waals surface area (Å²) < 4.78 is 38.9. The van der Waals surface area contributed by atoms with Gasteiger partial charge in [0.05, 0.1) is 4.90 Å². The van der Waals surface area contributed by atoms with E-state index in [2.05, 4.69) is 10.0 Å². The molecule has 0 bridgehead atoms. The van der Waals surface area contributed by atoms with Crippen LogP contribution in [0, 0.1) is 0 Å². The Kier molecular flexibility index (Phi) is 5.54. The molecule has 0 aromatic heterocycles. The summed E-state index contributed by atoms with van der Waals surface area (Å²) in [5, 5.41) is 3.10. The first-order valence-corrected chi connectivity index (χ1v) is 10.0. The van der Waals surface area contributed by atoms with Gasteiger partial charge in [-0.15, -0.1) is 0 Å². The molecule has 0 saturated carbocycles. The van der Waals surface area contributed by atoms with Gasteiger partial charge in [0.25, 0.3) is 0 Å². The molecule has 0 amide bonds. The Labute approximate surface area is 129 Å². The SMILES string of the molecule is CNC(C)c1cccc(S(=O)(=O)NC2CCS(=O)CC2)c1. The van der Waals surface area contributed by atoms with Gasteiger partial charge in [0.2, 0.25) is 10.0 Å². The van der Waals surface area contributed by atoms with Crippen LogP contribution in [0.2, 0.25) is 0 Å². The molecule has 21 heavy (non-hydrogen) atoms. The van der Waals surface area contributed by atoms with Gasteiger partial charge in [-0.3, -0.25) is 4.21 Å². The lowest BCUT2D eigenvalue weighted by Gasteiger charge is -2.22. The highest BCUT2D eigenvalue weighted by molar-refractivity contribution is 7.89. The number of rotatable bonds is 5. The first-order chi connectivity index (χ1) is 9.92. The molecule has 0 radical (unpaired) electrons. The van der Waals surface area contributed by atoms with Gasteiger partial charge >= 0.3 is 0 Å². The molecule has 0 spiro atoms. The average Bonchev–Trinajstić information content (AvgIpc) is 2.49. The number of benzene rings is 1. The van der Waals surface area contributed by atoms with Crippen LogP contribution in [-0.2, 0) is 20.8 Å². The topological polar surface area (TPSA) is 75.3 Å². The minimum atomic E-state index is -3.52. The maximum atomic E-state index is 12.4. The van der Waals surface area contributed by atoms with E-state index in [0.717, 1.165) is 5.56 Å². The second kappa shape index (κ2) is 7.00. The lowest BCUT2D eigenvalue weighted by atomic mass is 10.1. The number of hydrogen-bond donors (Lipinski definition) is 2. The summed E-state index contributed by atoms with van der Waals surface area (Å²) in [5.74, 6) is 1.15. The van der Waals surface area contributed by atoms with Crippen LogP contribution in [0.4, 0.5) is 0 Å². The van der Waals surface area contributed by atoms with E-state index in [0.29, 0.717) is 24.3 Å². The molecule has 1 heterocycles. The molecule has 1 saturated heterocycles. The Morgan fingerprint density at radius 3 is 2.57 bits per heavy atom. The number of nitrogens with one attached hydrogen (secondary N) is 2. The highest BCUT2D eigenvalue weighted by Gasteiger charge is 2.24. The molecule has 1 aromatic carbocycles. The first-order valence-electron chi connectivity index (χ1n) is 7.07. The van der Waals surface area contributed by atoms with Gasteiger partial charge in [-0.2, -0.15) is 0 Å². The van der Waals surface area contributed by atoms with Crippen molar-refractivity contribution >= 4 is 20.8 Å². The molecule has 1 aliphatic heterocycles.